The van der Waals surface area contributed by atoms with Crippen LogP contribution in [0, 0.1) is 0 Å². The molecule has 0 radical (unpaired) electrons. The molecular formula is C23H36N6O7S. The average Bonchev–Trinajstić information content (AvgIpc) is 2.85. The zero-order chi connectivity index (χ0) is 28.0. The number of carbonyl (C=O) groups is 5. The van der Waals surface area contributed by atoms with Gasteiger partial charge in [0.1, 0.15) is 23.9 Å². The molecule has 0 bridgehead atoms. The van der Waals surface area contributed by atoms with Gasteiger partial charge in [0.2, 0.25) is 23.6 Å². The van der Waals surface area contributed by atoms with Crippen molar-refractivity contribution in [3.8, 4) is 5.75 Å². The van der Waals surface area contributed by atoms with E-state index in [9.17, 15) is 34.2 Å². The molecule has 37 heavy (non-hydrogen) atoms. The first-order valence-electron chi connectivity index (χ1n) is 11.7. The number of amides is 4. The minimum atomic E-state index is -1.38. The zero-order valence-electron chi connectivity index (χ0n) is 20.4. The molecule has 13 nitrogen and oxygen atoms in total. The highest BCUT2D eigenvalue weighted by atomic mass is 32.1. The van der Waals surface area contributed by atoms with Crippen molar-refractivity contribution < 1.29 is 34.2 Å². The summed E-state index contributed by atoms with van der Waals surface area (Å²) in [6.07, 6.45) is 0.864. The third-order valence-corrected chi connectivity index (χ3v) is 5.78. The Bertz CT molecular complexity index is 931. The highest BCUT2D eigenvalue weighted by molar-refractivity contribution is 7.80. The van der Waals surface area contributed by atoms with Gasteiger partial charge in [-0.1, -0.05) is 12.1 Å². The van der Waals surface area contributed by atoms with E-state index >= 15 is 0 Å². The Kier molecular flexibility index (Phi) is 14.0. The topological polar surface area (TPSA) is 240 Å². The van der Waals surface area contributed by atoms with Crippen LogP contribution in [0.5, 0.6) is 5.75 Å². The molecule has 0 spiro atoms. The summed E-state index contributed by atoms with van der Waals surface area (Å²) in [7, 11) is 0. The van der Waals surface area contributed by atoms with E-state index in [1.165, 1.54) is 12.1 Å². The molecule has 0 fully saturated rings. The van der Waals surface area contributed by atoms with Crippen molar-refractivity contribution in [3.63, 3.8) is 0 Å². The van der Waals surface area contributed by atoms with Crippen molar-refractivity contribution >= 4 is 42.2 Å². The lowest BCUT2D eigenvalue weighted by Gasteiger charge is -2.24. The lowest BCUT2D eigenvalue weighted by molar-refractivity contribution is -0.142. The number of primary amides is 1. The first kappa shape index (κ1) is 31.7. The van der Waals surface area contributed by atoms with E-state index in [0.29, 0.717) is 24.9 Å². The smallest absolute Gasteiger partial charge is 0.326 e. The molecule has 14 heteroatoms. The highest BCUT2D eigenvalue weighted by Gasteiger charge is 2.29. The minimum absolute atomic E-state index is 0.0705. The number of nitrogens with one attached hydrogen (secondary N) is 3. The maximum atomic E-state index is 12.9. The number of hydrogen-bond donors (Lipinski definition) is 9. The second-order valence-electron chi connectivity index (χ2n) is 8.47. The molecule has 1 rings (SSSR count). The highest BCUT2D eigenvalue weighted by Crippen LogP contribution is 2.11. The van der Waals surface area contributed by atoms with E-state index in [4.69, 9.17) is 17.2 Å². The Morgan fingerprint density at radius 3 is 1.97 bits per heavy atom. The normalized spacial score (nSPS) is 14.0. The number of aromatic hydroxyl groups is 1. The van der Waals surface area contributed by atoms with Gasteiger partial charge in [0, 0.05) is 12.2 Å². The fourth-order valence-corrected chi connectivity index (χ4v) is 3.56. The maximum Gasteiger partial charge on any atom is 0.326 e. The summed E-state index contributed by atoms with van der Waals surface area (Å²) < 4.78 is 0. The molecule has 4 atom stereocenters. The predicted molar refractivity (Wildman–Crippen MR) is 138 cm³/mol. The van der Waals surface area contributed by atoms with Gasteiger partial charge in [0.15, 0.2) is 0 Å². The van der Waals surface area contributed by atoms with Gasteiger partial charge in [-0.3, -0.25) is 19.2 Å². The van der Waals surface area contributed by atoms with Gasteiger partial charge >= 0.3 is 5.97 Å². The number of phenols is 1. The number of rotatable bonds is 17. The van der Waals surface area contributed by atoms with Crippen LogP contribution in [0.1, 0.15) is 37.7 Å². The van der Waals surface area contributed by atoms with Crippen LogP contribution in [0.4, 0.5) is 0 Å². The number of benzene rings is 1. The predicted octanol–water partition coefficient (Wildman–Crippen LogP) is -1.87. The average molecular weight is 541 g/mol. The molecule has 4 unspecified atom stereocenters. The van der Waals surface area contributed by atoms with E-state index in [-0.39, 0.29) is 37.2 Å². The molecule has 0 aliphatic carbocycles. The van der Waals surface area contributed by atoms with Crippen molar-refractivity contribution in [2.45, 2.75) is 62.7 Å². The second-order valence-corrected chi connectivity index (χ2v) is 8.84. The lowest BCUT2D eigenvalue weighted by atomic mass is 10.0. The summed E-state index contributed by atoms with van der Waals surface area (Å²) in [4.78, 5) is 60.8. The molecule has 0 aromatic heterocycles. The quantitative estimate of drug-likeness (QED) is 0.0792. The monoisotopic (exact) mass is 540 g/mol. The van der Waals surface area contributed by atoms with Gasteiger partial charge in [-0.2, -0.15) is 12.6 Å². The number of carbonyl (C=O) groups excluding carboxylic acids is 4. The second kappa shape index (κ2) is 16.4. The summed E-state index contributed by atoms with van der Waals surface area (Å²) in [6, 6.07) is 1.52. The number of aliphatic carboxylic acids is 1. The molecule has 0 aliphatic heterocycles. The Hall–Kier alpha value is -3.36. The Morgan fingerprint density at radius 1 is 0.865 bits per heavy atom. The molecule has 1 aromatic carbocycles. The number of unbranched alkanes of at least 4 members (excludes halogenated alkanes) is 1. The summed E-state index contributed by atoms with van der Waals surface area (Å²) in [5, 5.41) is 26.1. The zero-order valence-corrected chi connectivity index (χ0v) is 21.3. The number of carboxylic acids is 1. The number of thiol groups is 1. The van der Waals surface area contributed by atoms with Crippen LogP contribution in [0.25, 0.3) is 0 Å². The van der Waals surface area contributed by atoms with Gasteiger partial charge in [-0.25, -0.2) is 4.79 Å². The van der Waals surface area contributed by atoms with Crippen molar-refractivity contribution in [3.05, 3.63) is 29.8 Å². The minimum Gasteiger partial charge on any atom is -0.508 e. The van der Waals surface area contributed by atoms with Gasteiger partial charge in [-0.15, -0.1) is 0 Å². The third-order valence-electron chi connectivity index (χ3n) is 5.42. The van der Waals surface area contributed by atoms with Crippen LogP contribution in [-0.4, -0.2) is 76.3 Å². The lowest BCUT2D eigenvalue weighted by Crippen LogP contribution is -2.57. The fraction of sp³-hybridized carbons (Fsp3) is 0.522. The molecule has 11 N–H and O–H groups in total. The van der Waals surface area contributed by atoms with E-state index < -0.39 is 53.8 Å². The molecule has 206 valence electrons. The van der Waals surface area contributed by atoms with Gasteiger partial charge in [0.05, 0.1) is 6.04 Å². The largest absolute Gasteiger partial charge is 0.508 e. The first-order valence-corrected chi connectivity index (χ1v) is 12.4. The Labute approximate surface area is 220 Å². The van der Waals surface area contributed by atoms with Crippen LogP contribution in [0.15, 0.2) is 24.3 Å². The van der Waals surface area contributed by atoms with Crippen molar-refractivity contribution in [1.29, 1.82) is 0 Å². The number of nitrogens with two attached hydrogens (primary N) is 3. The van der Waals surface area contributed by atoms with E-state index in [0.717, 1.165) is 0 Å². The summed E-state index contributed by atoms with van der Waals surface area (Å²) >= 11 is 4.11. The Morgan fingerprint density at radius 2 is 1.43 bits per heavy atom. The number of phenolic OH excluding ortho intramolecular Hbond substituents is 1. The van der Waals surface area contributed by atoms with Crippen LogP contribution < -0.4 is 33.2 Å². The molecular weight excluding hydrogens is 504 g/mol. The molecule has 0 aliphatic rings. The van der Waals surface area contributed by atoms with Gasteiger partial charge in [-0.05, 0) is 56.3 Å². The summed E-state index contributed by atoms with van der Waals surface area (Å²) in [5.41, 5.74) is 17.2. The molecule has 4 amide bonds. The molecule has 1 aromatic rings. The van der Waals surface area contributed by atoms with E-state index in [1.54, 1.807) is 12.1 Å². The first-order chi connectivity index (χ1) is 17.5. The van der Waals surface area contributed by atoms with E-state index in [1.807, 2.05) is 0 Å². The van der Waals surface area contributed by atoms with Crippen molar-refractivity contribution in [2.75, 3.05) is 12.3 Å². The number of carboxylic acid groups (broad SMARTS) is 1. The molecule has 0 saturated carbocycles. The Balaban J connectivity index is 2.84. The van der Waals surface area contributed by atoms with Crippen LogP contribution in [0.3, 0.4) is 0 Å². The SMILES string of the molecule is NCCCCC(NC(=O)C(CS)NC(=O)C(N)Cc1ccc(O)cc1)C(=O)NC(CCC(N)=O)C(=O)O. The molecule has 0 heterocycles. The number of hydrogen-bond acceptors (Lipinski definition) is 9. The van der Waals surface area contributed by atoms with Gasteiger partial charge in [0.25, 0.3) is 0 Å². The van der Waals surface area contributed by atoms with Crippen LogP contribution in [0.2, 0.25) is 0 Å². The summed E-state index contributed by atoms with van der Waals surface area (Å²) in [6.45, 7) is 0.354. The van der Waals surface area contributed by atoms with Gasteiger partial charge < -0.3 is 43.4 Å². The molecule has 0 saturated heterocycles. The maximum absolute atomic E-state index is 12.9. The van der Waals surface area contributed by atoms with Crippen LogP contribution in [-0.2, 0) is 30.4 Å². The van der Waals surface area contributed by atoms with Crippen molar-refractivity contribution in [2.24, 2.45) is 17.2 Å². The fourth-order valence-electron chi connectivity index (χ4n) is 3.30. The summed E-state index contributed by atoms with van der Waals surface area (Å²) in [5.74, 6) is -4.21. The van der Waals surface area contributed by atoms with Crippen molar-refractivity contribution in [1.82, 2.24) is 16.0 Å². The van der Waals surface area contributed by atoms with E-state index in [2.05, 4.69) is 28.6 Å². The van der Waals surface area contributed by atoms with Crippen LogP contribution >= 0.6 is 12.6 Å². The standard InChI is InChI=1S/C23H36N6O7S/c24-10-2-1-3-16(21(33)28-17(23(35)36)8-9-19(26)31)27-22(34)18(12-37)29-20(32)15(25)11-13-4-6-14(30)7-5-13/h4-7,15-18,30,37H,1-3,8-12,24-25H2,(H2,26,31)(H,27,34)(H,28,33)(H,29,32)(H,35,36). The third kappa shape index (κ3) is 11.9.